The van der Waals surface area contributed by atoms with E-state index < -0.39 is 30.4 Å². The molecule has 3 aromatic rings. The lowest BCUT2D eigenvalue weighted by Crippen LogP contribution is -2.50. The average Bonchev–Trinajstić information content (AvgIpc) is 3.29. The van der Waals surface area contributed by atoms with E-state index in [4.69, 9.17) is 9.84 Å². The van der Waals surface area contributed by atoms with Crippen molar-refractivity contribution in [2.75, 3.05) is 25.0 Å². The predicted octanol–water partition coefficient (Wildman–Crippen LogP) is 1.43. The Hall–Kier alpha value is -4.15. The van der Waals surface area contributed by atoms with E-state index in [-0.39, 0.29) is 36.8 Å². The largest absolute Gasteiger partial charge is 0.486 e. The molecule has 37 heavy (non-hydrogen) atoms. The first-order valence-corrected chi connectivity index (χ1v) is 11.6. The number of carbonyl (C=O) groups excluding carboxylic acids is 1. The van der Waals surface area contributed by atoms with Gasteiger partial charge in [0.15, 0.2) is 12.0 Å². The first-order chi connectivity index (χ1) is 17.6. The number of nitrogens with one attached hydrogen (secondary N) is 1. The molecule has 1 fully saturated rings. The summed E-state index contributed by atoms with van der Waals surface area (Å²) in [5, 5.41) is 35.8. The zero-order chi connectivity index (χ0) is 26.6. The number of carbonyl (C=O) groups is 1. The molecular weight excluding hydrogens is 483 g/mol. The van der Waals surface area contributed by atoms with Crippen LogP contribution in [-0.2, 0) is 11.3 Å². The summed E-state index contributed by atoms with van der Waals surface area (Å²) >= 11 is 0. The van der Waals surface area contributed by atoms with Gasteiger partial charge in [0, 0.05) is 24.7 Å². The molecule has 2 atom stereocenters. The smallest absolute Gasteiger partial charge is 0.248 e. The number of aromatic nitrogens is 5. The Balaban J connectivity index is 1.46. The van der Waals surface area contributed by atoms with Gasteiger partial charge in [-0.05, 0) is 32.0 Å². The van der Waals surface area contributed by atoms with Crippen molar-refractivity contribution in [2.24, 2.45) is 0 Å². The highest BCUT2D eigenvalue weighted by molar-refractivity contribution is 5.77. The Morgan fingerprint density at radius 3 is 2.89 bits per heavy atom. The molecular formula is C24H27FN8O4. The number of amides is 1. The van der Waals surface area contributed by atoms with Crippen LogP contribution in [0.2, 0.25) is 0 Å². The molecule has 0 saturated carbocycles. The Kier molecular flexibility index (Phi) is 7.61. The fourth-order valence-corrected chi connectivity index (χ4v) is 3.90. The van der Waals surface area contributed by atoms with Crippen molar-refractivity contribution >= 4 is 17.5 Å². The minimum absolute atomic E-state index is 0.179. The van der Waals surface area contributed by atoms with Crippen molar-refractivity contribution in [3.8, 4) is 23.2 Å². The zero-order valence-electron chi connectivity index (χ0n) is 20.4. The maximum Gasteiger partial charge on any atom is 0.248 e. The van der Waals surface area contributed by atoms with E-state index in [1.807, 2.05) is 0 Å². The number of likely N-dealkylation sites (tertiary alicyclic amines) is 1. The lowest BCUT2D eigenvalue weighted by Gasteiger charge is -2.34. The number of aliphatic hydroxyl groups excluding tert-OH is 1. The highest BCUT2D eigenvalue weighted by Crippen LogP contribution is 2.28. The van der Waals surface area contributed by atoms with E-state index in [9.17, 15) is 19.6 Å². The molecule has 1 aliphatic heterocycles. The quantitative estimate of drug-likeness (QED) is 0.404. The van der Waals surface area contributed by atoms with Crippen LogP contribution < -0.4 is 10.1 Å². The van der Waals surface area contributed by atoms with Gasteiger partial charge in [0.1, 0.15) is 30.9 Å². The molecule has 3 heterocycles. The summed E-state index contributed by atoms with van der Waals surface area (Å²) in [7, 11) is 0. The fourth-order valence-electron chi connectivity index (χ4n) is 3.90. The lowest BCUT2D eigenvalue weighted by atomic mass is 10.0. The molecule has 1 unspecified atom stereocenters. The molecule has 4 rings (SSSR count). The molecule has 0 radical (unpaired) electrons. The van der Waals surface area contributed by atoms with Gasteiger partial charge in [0.2, 0.25) is 11.9 Å². The first-order valence-electron chi connectivity index (χ1n) is 11.6. The summed E-state index contributed by atoms with van der Waals surface area (Å²) in [5.74, 6) is 0.254. The van der Waals surface area contributed by atoms with Crippen LogP contribution in [-0.4, -0.2) is 83.3 Å². The average molecular weight is 511 g/mol. The van der Waals surface area contributed by atoms with E-state index in [2.05, 4.69) is 31.4 Å². The monoisotopic (exact) mass is 510 g/mol. The normalized spacial score (nSPS) is 17.8. The van der Waals surface area contributed by atoms with E-state index in [0.717, 1.165) is 0 Å². The number of halogens is 1. The van der Waals surface area contributed by atoms with Crippen molar-refractivity contribution in [1.29, 1.82) is 5.26 Å². The highest BCUT2D eigenvalue weighted by atomic mass is 19.1. The number of anilines is 2. The van der Waals surface area contributed by atoms with Gasteiger partial charge < -0.3 is 25.2 Å². The summed E-state index contributed by atoms with van der Waals surface area (Å²) in [4.78, 5) is 25.6. The molecule has 194 valence electrons. The number of ether oxygens (including phenoxy) is 1. The van der Waals surface area contributed by atoms with Gasteiger partial charge in [-0.15, -0.1) is 0 Å². The zero-order valence-corrected chi connectivity index (χ0v) is 20.4. The molecule has 2 aromatic heterocycles. The Labute approximate surface area is 212 Å². The Morgan fingerprint density at radius 1 is 1.38 bits per heavy atom. The number of piperidine rings is 1. The summed E-state index contributed by atoms with van der Waals surface area (Å²) in [6.07, 6.45) is 2.57. The summed E-state index contributed by atoms with van der Waals surface area (Å²) in [5.41, 5.74) is 0.420. The Morgan fingerprint density at radius 2 is 2.19 bits per heavy atom. The molecule has 1 aromatic carbocycles. The van der Waals surface area contributed by atoms with Crippen molar-refractivity contribution in [3.05, 3.63) is 42.5 Å². The van der Waals surface area contributed by atoms with Crippen molar-refractivity contribution in [1.82, 2.24) is 29.6 Å². The fraction of sp³-hybridized carbons (Fsp3) is 0.417. The molecule has 0 bridgehead atoms. The van der Waals surface area contributed by atoms with Crippen molar-refractivity contribution < 1.29 is 24.1 Å². The number of hydrogen-bond donors (Lipinski definition) is 3. The van der Waals surface area contributed by atoms with Crippen LogP contribution in [0.4, 0.5) is 16.0 Å². The third-order valence-electron chi connectivity index (χ3n) is 5.62. The van der Waals surface area contributed by atoms with Gasteiger partial charge in [0.05, 0.1) is 36.1 Å². The second-order valence-electron chi connectivity index (χ2n) is 9.28. The second kappa shape index (κ2) is 10.9. The summed E-state index contributed by atoms with van der Waals surface area (Å²) in [6, 6.07) is 6.83. The molecule has 13 heteroatoms. The molecule has 0 aliphatic carbocycles. The SMILES string of the molecule is CC(C)(O)Cn1cc(Nc2ncnc(-c3ccc(O[C@H]4CCN(C(=O)CO)CC4F)c(C#N)c3)n2)cn1. The maximum absolute atomic E-state index is 14.6. The molecule has 1 aliphatic rings. The van der Waals surface area contributed by atoms with Crippen LogP contribution >= 0.6 is 0 Å². The van der Waals surface area contributed by atoms with Gasteiger partial charge in [0.25, 0.3) is 0 Å². The minimum atomic E-state index is -1.46. The molecule has 12 nitrogen and oxygen atoms in total. The van der Waals surface area contributed by atoms with Gasteiger partial charge in [-0.25, -0.2) is 14.4 Å². The third-order valence-corrected chi connectivity index (χ3v) is 5.62. The summed E-state index contributed by atoms with van der Waals surface area (Å²) < 4.78 is 22.0. The molecule has 1 amide bonds. The number of benzene rings is 1. The highest BCUT2D eigenvalue weighted by Gasteiger charge is 2.33. The topological polar surface area (TPSA) is 162 Å². The maximum atomic E-state index is 14.6. The lowest BCUT2D eigenvalue weighted by molar-refractivity contribution is -0.138. The summed E-state index contributed by atoms with van der Waals surface area (Å²) in [6.45, 7) is 3.09. The second-order valence-corrected chi connectivity index (χ2v) is 9.28. The van der Waals surface area contributed by atoms with E-state index in [1.54, 1.807) is 49.1 Å². The number of nitrogens with zero attached hydrogens (tertiary/aromatic N) is 7. The van der Waals surface area contributed by atoms with Gasteiger partial charge in [-0.3, -0.25) is 9.48 Å². The minimum Gasteiger partial charge on any atom is -0.486 e. The van der Waals surface area contributed by atoms with E-state index >= 15 is 0 Å². The van der Waals surface area contributed by atoms with Crippen LogP contribution in [0.3, 0.4) is 0 Å². The number of nitriles is 1. The van der Waals surface area contributed by atoms with Gasteiger partial charge in [-0.1, -0.05) is 0 Å². The van der Waals surface area contributed by atoms with Crippen LogP contribution in [0, 0.1) is 11.3 Å². The number of alkyl halides is 1. The van der Waals surface area contributed by atoms with Crippen LogP contribution in [0.5, 0.6) is 5.75 Å². The van der Waals surface area contributed by atoms with Crippen molar-refractivity contribution in [2.45, 2.75) is 44.7 Å². The third kappa shape index (κ3) is 6.54. The van der Waals surface area contributed by atoms with Crippen LogP contribution in [0.25, 0.3) is 11.4 Å². The Bertz CT molecular complexity index is 1300. The number of aliphatic hydroxyl groups is 2. The molecule has 3 N–H and O–H groups in total. The first kappa shape index (κ1) is 25.9. The van der Waals surface area contributed by atoms with E-state index in [0.29, 0.717) is 23.6 Å². The molecule has 1 saturated heterocycles. The van der Waals surface area contributed by atoms with Crippen LogP contribution in [0.1, 0.15) is 25.8 Å². The molecule has 0 spiro atoms. The number of hydrogen-bond acceptors (Lipinski definition) is 10. The number of rotatable bonds is 8. The van der Waals surface area contributed by atoms with E-state index in [1.165, 1.54) is 11.2 Å². The van der Waals surface area contributed by atoms with Crippen LogP contribution in [0.15, 0.2) is 36.9 Å². The predicted molar refractivity (Wildman–Crippen MR) is 129 cm³/mol. The van der Waals surface area contributed by atoms with Gasteiger partial charge in [-0.2, -0.15) is 15.3 Å². The standard InChI is InChI=1S/C24H27FN8O4/c1-24(2,36)13-33-10-17(9-29-33)30-23-28-14-27-22(31-23)15-3-4-19(16(7-15)8-26)37-20-5-6-32(11-18(20)25)21(35)12-34/h3-4,7,9-10,14,18,20,34,36H,5-6,11-13H2,1-2H3,(H,27,28,30,31)/t18?,20-/m0/s1. The van der Waals surface area contributed by atoms with Crippen molar-refractivity contribution in [3.63, 3.8) is 0 Å². The van der Waals surface area contributed by atoms with Gasteiger partial charge >= 0.3 is 0 Å².